The van der Waals surface area contributed by atoms with Gasteiger partial charge >= 0.3 is 0 Å². The van der Waals surface area contributed by atoms with E-state index in [0.29, 0.717) is 45.5 Å². The maximum Gasteiger partial charge on any atom is 0.265 e. The van der Waals surface area contributed by atoms with Crippen LogP contribution in [0, 0.1) is 0 Å². The molecule has 2 aromatic carbocycles. The van der Waals surface area contributed by atoms with E-state index in [1.807, 2.05) is 36.4 Å². The summed E-state index contributed by atoms with van der Waals surface area (Å²) in [5.41, 5.74) is 5.62. The number of methoxy groups -OCH3 is 4. The SMILES string of the molecule is COc1cc2c(cc1OC)C1=C3C(=C4c5cc(OC)c(OC)cc5C=CN4C3O)C(=O)N1C=C2. The monoisotopic (exact) mass is 458 g/mol. The third kappa shape index (κ3) is 2.48. The van der Waals surface area contributed by atoms with Crippen molar-refractivity contribution in [2.45, 2.75) is 6.23 Å². The Morgan fingerprint density at radius 3 is 1.79 bits per heavy atom. The van der Waals surface area contributed by atoms with E-state index in [4.69, 9.17) is 18.9 Å². The molecule has 4 aliphatic heterocycles. The molecule has 6 rings (SSSR count). The van der Waals surface area contributed by atoms with Gasteiger partial charge in [0.2, 0.25) is 0 Å². The molecular formula is C26H22N2O6. The summed E-state index contributed by atoms with van der Waals surface area (Å²) in [6, 6.07) is 7.42. The summed E-state index contributed by atoms with van der Waals surface area (Å²) < 4.78 is 21.9. The van der Waals surface area contributed by atoms with Crippen molar-refractivity contribution in [2.75, 3.05) is 28.4 Å². The third-order valence-corrected chi connectivity index (χ3v) is 6.65. The highest BCUT2D eigenvalue weighted by atomic mass is 16.5. The molecule has 0 bridgehead atoms. The second-order valence-electron chi connectivity index (χ2n) is 8.16. The lowest BCUT2D eigenvalue weighted by Gasteiger charge is -2.30. The van der Waals surface area contributed by atoms with Crippen LogP contribution in [0.25, 0.3) is 23.5 Å². The molecule has 0 spiro atoms. The minimum Gasteiger partial charge on any atom is -0.493 e. The molecule has 0 saturated heterocycles. The van der Waals surface area contributed by atoms with Gasteiger partial charge in [-0.3, -0.25) is 9.69 Å². The Labute approximate surface area is 196 Å². The lowest BCUT2D eigenvalue weighted by atomic mass is 9.95. The molecule has 8 heteroatoms. The molecule has 0 radical (unpaired) electrons. The molecule has 0 fully saturated rings. The Kier molecular flexibility index (Phi) is 4.31. The minimum atomic E-state index is -1.03. The number of nitrogens with zero attached hydrogens (tertiary/aromatic N) is 2. The van der Waals surface area contributed by atoms with Gasteiger partial charge in [0.05, 0.1) is 45.4 Å². The summed E-state index contributed by atoms with van der Waals surface area (Å²) in [6.07, 6.45) is 6.24. The van der Waals surface area contributed by atoms with Crippen molar-refractivity contribution >= 4 is 29.5 Å². The van der Waals surface area contributed by atoms with Crippen LogP contribution in [-0.4, -0.2) is 55.5 Å². The maximum absolute atomic E-state index is 13.7. The number of carbonyl (C=O) groups is 1. The molecule has 1 atom stereocenters. The van der Waals surface area contributed by atoms with Gasteiger partial charge in [-0.15, -0.1) is 0 Å². The first kappa shape index (κ1) is 20.4. The van der Waals surface area contributed by atoms with Crippen LogP contribution in [0.3, 0.4) is 0 Å². The first-order valence-corrected chi connectivity index (χ1v) is 10.7. The Morgan fingerprint density at radius 2 is 1.24 bits per heavy atom. The van der Waals surface area contributed by atoms with E-state index < -0.39 is 6.23 Å². The van der Waals surface area contributed by atoms with Gasteiger partial charge in [-0.2, -0.15) is 0 Å². The number of hydrogen-bond donors (Lipinski definition) is 1. The molecule has 2 aromatic rings. The summed E-state index contributed by atoms with van der Waals surface area (Å²) in [5, 5.41) is 11.4. The van der Waals surface area contributed by atoms with E-state index in [1.54, 1.807) is 50.6 Å². The molecule has 8 nitrogen and oxygen atoms in total. The van der Waals surface area contributed by atoms with Gasteiger partial charge in [0, 0.05) is 29.1 Å². The molecule has 172 valence electrons. The van der Waals surface area contributed by atoms with Crippen molar-refractivity contribution in [3.05, 3.63) is 70.1 Å². The number of carbonyl (C=O) groups excluding carboxylic acids is 1. The van der Waals surface area contributed by atoms with Gasteiger partial charge in [-0.05, 0) is 47.5 Å². The second-order valence-corrected chi connectivity index (χ2v) is 8.16. The second kappa shape index (κ2) is 7.16. The standard InChI is InChI=1S/C26H22N2O6/c1-31-17-9-13-5-7-27-23(15(13)11-19(17)33-3)21-22(26(27)30)24-16-12-20(34-4)18(32-2)10-14(16)6-8-28(24)25(21)29/h5-12,25,29H,1-4H3. The van der Waals surface area contributed by atoms with Crippen LogP contribution >= 0.6 is 0 Å². The van der Waals surface area contributed by atoms with Gasteiger partial charge in [-0.25, -0.2) is 0 Å². The molecule has 34 heavy (non-hydrogen) atoms. The third-order valence-electron chi connectivity index (χ3n) is 6.65. The zero-order chi connectivity index (χ0) is 23.7. The van der Waals surface area contributed by atoms with Gasteiger partial charge in [0.25, 0.3) is 5.91 Å². The van der Waals surface area contributed by atoms with Gasteiger partial charge < -0.3 is 29.0 Å². The van der Waals surface area contributed by atoms with Crippen molar-refractivity contribution in [3.63, 3.8) is 0 Å². The van der Waals surface area contributed by atoms with Gasteiger partial charge in [0.15, 0.2) is 29.2 Å². The van der Waals surface area contributed by atoms with Crippen LogP contribution in [0.4, 0.5) is 0 Å². The molecule has 1 amide bonds. The highest BCUT2D eigenvalue weighted by molar-refractivity contribution is 6.19. The van der Waals surface area contributed by atoms with E-state index in [-0.39, 0.29) is 5.91 Å². The first-order chi connectivity index (χ1) is 16.5. The fourth-order valence-corrected chi connectivity index (χ4v) is 5.09. The Morgan fingerprint density at radius 1 is 0.735 bits per heavy atom. The number of ether oxygens (including phenoxy) is 4. The summed E-state index contributed by atoms with van der Waals surface area (Å²) >= 11 is 0. The highest BCUT2D eigenvalue weighted by Crippen LogP contribution is 2.53. The summed E-state index contributed by atoms with van der Waals surface area (Å²) in [5.74, 6) is 2.08. The van der Waals surface area contributed by atoms with E-state index in [9.17, 15) is 9.90 Å². The number of aliphatic hydroxyl groups excluding tert-OH is 1. The zero-order valence-electron chi connectivity index (χ0n) is 19.1. The smallest absolute Gasteiger partial charge is 0.265 e. The lowest BCUT2D eigenvalue weighted by molar-refractivity contribution is -0.121. The average Bonchev–Trinajstić information content (AvgIpc) is 3.34. The van der Waals surface area contributed by atoms with Crippen LogP contribution < -0.4 is 18.9 Å². The number of rotatable bonds is 4. The molecule has 0 saturated carbocycles. The van der Waals surface area contributed by atoms with E-state index >= 15 is 0 Å². The van der Waals surface area contributed by atoms with Gasteiger partial charge in [-0.1, -0.05) is 0 Å². The molecule has 0 aliphatic carbocycles. The molecule has 0 aromatic heterocycles. The van der Waals surface area contributed by atoms with E-state index in [2.05, 4.69) is 0 Å². The lowest BCUT2D eigenvalue weighted by Crippen LogP contribution is -2.29. The number of fused-ring (bicyclic) bond motifs is 7. The number of benzene rings is 2. The average molecular weight is 458 g/mol. The van der Waals surface area contributed by atoms with Gasteiger partial charge in [0.1, 0.15) is 0 Å². The fraction of sp³-hybridized carbons (Fsp3) is 0.192. The van der Waals surface area contributed by atoms with Crippen molar-refractivity contribution in [2.24, 2.45) is 0 Å². The van der Waals surface area contributed by atoms with Crippen LogP contribution in [0.15, 0.2) is 47.8 Å². The Bertz CT molecular complexity index is 1400. The molecule has 1 unspecified atom stereocenters. The number of hydrogen-bond acceptors (Lipinski definition) is 7. The largest absolute Gasteiger partial charge is 0.493 e. The Balaban J connectivity index is 1.62. The molecule has 1 N–H and O–H groups in total. The van der Waals surface area contributed by atoms with Crippen LogP contribution in [0.2, 0.25) is 0 Å². The number of aliphatic hydroxyl groups is 1. The number of amides is 1. The van der Waals surface area contributed by atoms with Crippen molar-refractivity contribution < 1.29 is 28.8 Å². The van der Waals surface area contributed by atoms with E-state index in [1.165, 1.54) is 0 Å². The van der Waals surface area contributed by atoms with Crippen LogP contribution in [0.5, 0.6) is 23.0 Å². The normalized spacial score (nSPS) is 19.1. The summed E-state index contributed by atoms with van der Waals surface area (Å²) in [6.45, 7) is 0. The van der Waals surface area contributed by atoms with E-state index in [0.717, 1.165) is 22.3 Å². The predicted molar refractivity (Wildman–Crippen MR) is 126 cm³/mol. The molecular weight excluding hydrogens is 436 g/mol. The van der Waals surface area contributed by atoms with Crippen LogP contribution in [-0.2, 0) is 4.79 Å². The molecule has 4 aliphatic rings. The Hall–Kier alpha value is -4.17. The van der Waals surface area contributed by atoms with Crippen molar-refractivity contribution in [3.8, 4) is 23.0 Å². The highest BCUT2D eigenvalue weighted by Gasteiger charge is 2.49. The van der Waals surface area contributed by atoms with Crippen molar-refractivity contribution in [1.82, 2.24) is 9.80 Å². The first-order valence-electron chi connectivity index (χ1n) is 10.7. The maximum atomic E-state index is 13.7. The minimum absolute atomic E-state index is 0.200. The quantitative estimate of drug-likeness (QED) is 0.753. The summed E-state index contributed by atoms with van der Waals surface area (Å²) in [4.78, 5) is 17.0. The van der Waals surface area contributed by atoms with Crippen LogP contribution in [0.1, 0.15) is 22.3 Å². The predicted octanol–water partition coefficient (Wildman–Crippen LogP) is 3.29. The van der Waals surface area contributed by atoms with Crippen molar-refractivity contribution in [1.29, 1.82) is 0 Å². The zero-order valence-corrected chi connectivity index (χ0v) is 19.1. The fourth-order valence-electron chi connectivity index (χ4n) is 5.09. The summed E-state index contributed by atoms with van der Waals surface area (Å²) in [7, 11) is 6.30. The topological polar surface area (TPSA) is 80.7 Å². The molecule has 4 heterocycles.